The molecular weight excluding hydrogens is 533 g/mol. The van der Waals surface area contributed by atoms with E-state index in [0.717, 1.165) is 80.6 Å². The Bertz CT molecular complexity index is 888. The van der Waals surface area contributed by atoms with Crippen molar-refractivity contribution >= 4 is 40.8 Å². The van der Waals surface area contributed by atoms with Crippen LogP contribution >= 0.6 is 24.0 Å². The van der Waals surface area contributed by atoms with Gasteiger partial charge < -0.3 is 29.8 Å². The molecule has 8 nitrogen and oxygen atoms in total. The predicted octanol–water partition coefficient (Wildman–Crippen LogP) is 3.40. The summed E-state index contributed by atoms with van der Waals surface area (Å²) in [6.45, 7) is 11.6. The molecule has 0 radical (unpaired) electrons. The SMILES string of the molecule is CCNC(=NCC(C)N1CCOCC1C)NCCCc1cc2c(OC)cc(OC)cc2[nH]1.I. The summed E-state index contributed by atoms with van der Waals surface area (Å²) in [5.41, 5.74) is 2.22. The summed E-state index contributed by atoms with van der Waals surface area (Å²) in [7, 11) is 3.36. The van der Waals surface area contributed by atoms with Gasteiger partial charge in [0.25, 0.3) is 0 Å². The third-order valence-electron chi connectivity index (χ3n) is 5.94. The van der Waals surface area contributed by atoms with Gasteiger partial charge in [-0.05, 0) is 39.7 Å². The Hall–Kier alpha value is -1.72. The third kappa shape index (κ3) is 7.65. The smallest absolute Gasteiger partial charge is 0.191 e. The van der Waals surface area contributed by atoms with E-state index < -0.39 is 0 Å². The second-order valence-electron chi connectivity index (χ2n) is 8.35. The molecular formula is C24H40IN5O3. The quantitative estimate of drug-likeness (QED) is 0.175. The van der Waals surface area contributed by atoms with Gasteiger partial charge >= 0.3 is 0 Å². The first-order valence-electron chi connectivity index (χ1n) is 11.6. The van der Waals surface area contributed by atoms with Gasteiger partial charge in [-0.3, -0.25) is 9.89 Å². The largest absolute Gasteiger partial charge is 0.497 e. The van der Waals surface area contributed by atoms with Crippen LogP contribution in [-0.2, 0) is 11.2 Å². The molecule has 1 aromatic carbocycles. The number of aliphatic imine (C=N–C) groups is 1. The van der Waals surface area contributed by atoms with Crippen LogP contribution in [0.3, 0.4) is 0 Å². The summed E-state index contributed by atoms with van der Waals surface area (Å²) in [6, 6.07) is 6.92. The molecule has 2 aromatic rings. The Morgan fingerprint density at radius 1 is 1.27 bits per heavy atom. The lowest BCUT2D eigenvalue weighted by Gasteiger charge is -2.37. The standard InChI is InChI=1S/C24H39N5O3.HI/c1-6-25-24(27-15-17(2)29-10-11-32-16-18(29)3)26-9-7-8-19-12-21-22(28-19)13-20(30-4)14-23(21)31-5;/h12-14,17-18,28H,6-11,15-16H2,1-5H3,(H2,25,26,27);1H. The molecule has 1 aliphatic rings. The number of rotatable bonds is 10. The number of aromatic amines is 1. The Balaban J connectivity index is 0.00000385. The number of hydrogen-bond donors (Lipinski definition) is 3. The summed E-state index contributed by atoms with van der Waals surface area (Å²) < 4.78 is 16.4. The van der Waals surface area contributed by atoms with Crippen molar-refractivity contribution in [3.05, 3.63) is 23.9 Å². The highest BCUT2D eigenvalue weighted by atomic mass is 127. The molecule has 3 rings (SSSR count). The summed E-state index contributed by atoms with van der Waals surface area (Å²) >= 11 is 0. The fourth-order valence-corrected chi connectivity index (χ4v) is 4.21. The van der Waals surface area contributed by atoms with E-state index in [1.165, 1.54) is 5.69 Å². The van der Waals surface area contributed by atoms with Crippen LogP contribution in [0.5, 0.6) is 11.5 Å². The van der Waals surface area contributed by atoms with Gasteiger partial charge in [-0.25, -0.2) is 0 Å². The van der Waals surface area contributed by atoms with Crippen LogP contribution in [0, 0.1) is 0 Å². The summed E-state index contributed by atoms with van der Waals surface area (Å²) in [5, 5.41) is 7.91. The van der Waals surface area contributed by atoms with Gasteiger partial charge in [-0.2, -0.15) is 0 Å². The number of ether oxygens (including phenoxy) is 3. The van der Waals surface area contributed by atoms with E-state index in [1.807, 2.05) is 12.1 Å². The molecule has 1 aliphatic heterocycles. The Kier molecular flexibility index (Phi) is 11.6. The van der Waals surface area contributed by atoms with Crippen molar-refractivity contribution < 1.29 is 14.2 Å². The average molecular weight is 574 g/mol. The minimum absolute atomic E-state index is 0. The molecule has 0 saturated carbocycles. The highest BCUT2D eigenvalue weighted by Crippen LogP contribution is 2.31. The molecule has 0 amide bonds. The maximum atomic E-state index is 5.55. The summed E-state index contributed by atoms with van der Waals surface area (Å²) in [5.74, 6) is 2.49. The fourth-order valence-electron chi connectivity index (χ4n) is 4.21. The summed E-state index contributed by atoms with van der Waals surface area (Å²) in [6.07, 6.45) is 1.93. The van der Waals surface area contributed by atoms with Crippen molar-refractivity contribution in [2.45, 2.75) is 45.7 Å². The topological polar surface area (TPSA) is 83.1 Å². The first-order chi connectivity index (χ1) is 15.5. The van der Waals surface area contributed by atoms with Gasteiger partial charge in [0.2, 0.25) is 0 Å². The van der Waals surface area contributed by atoms with Gasteiger partial charge in [-0.15, -0.1) is 24.0 Å². The van der Waals surface area contributed by atoms with Gasteiger partial charge in [0.15, 0.2) is 5.96 Å². The lowest BCUT2D eigenvalue weighted by molar-refractivity contribution is -0.0165. The number of nitrogens with zero attached hydrogens (tertiary/aromatic N) is 2. The molecule has 186 valence electrons. The van der Waals surface area contributed by atoms with E-state index in [-0.39, 0.29) is 24.0 Å². The highest BCUT2D eigenvalue weighted by Gasteiger charge is 2.23. The van der Waals surface area contributed by atoms with E-state index in [9.17, 15) is 0 Å². The highest BCUT2D eigenvalue weighted by molar-refractivity contribution is 14.0. The van der Waals surface area contributed by atoms with E-state index in [2.05, 4.69) is 47.4 Å². The van der Waals surface area contributed by atoms with Crippen LogP contribution in [0.15, 0.2) is 23.2 Å². The molecule has 9 heteroatoms. The van der Waals surface area contributed by atoms with Crippen LogP contribution in [0.1, 0.15) is 32.9 Å². The van der Waals surface area contributed by atoms with Crippen LogP contribution in [0.25, 0.3) is 10.9 Å². The van der Waals surface area contributed by atoms with Crippen LogP contribution in [0.4, 0.5) is 0 Å². The molecule has 3 N–H and O–H groups in total. The van der Waals surface area contributed by atoms with Gasteiger partial charge in [-0.1, -0.05) is 0 Å². The first-order valence-corrected chi connectivity index (χ1v) is 11.6. The second-order valence-corrected chi connectivity index (χ2v) is 8.35. The number of fused-ring (bicyclic) bond motifs is 1. The normalized spacial score (nSPS) is 18.0. The number of aryl methyl sites for hydroxylation is 1. The van der Waals surface area contributed by atoms with E-state index in [4.69, 9.17) is 19.2 Å². The molecule has 1 fully saturated rings. The molecule has 0 spiro atoms. The number of benzene rings is 1. The van der Waals surface area contributed by atoms with Crippen molar-refractivity contribution in [1.82, 2.24) is 20.5 Å². The van der Waals surface area contributed by atoms with Crippen LogP contribution in [0.2, 0.25) is 0 Å². The Labute approximate surface area is 214 Å². The molecule has 2 heterocycles. The van der Waals surface area contributed by atoms with Crippen molar-refractivity contribution in [3.8, 4) is 11.5 Å². The molecule has 0 bridgehead atoms. The average Bonchev–Trinajstić information content (AvgIpc) is 3.22. The van der Waals surface area contributed by atoms with Crippen LogP contribution in [-0.4, -0.2) is 81.5 Å². The van der Waals surface area contributed by atoms with Gasteiger partial charge in [0, 0.05) is 54.9 Å². The number of guanidine groups is 1. The fraction of sp³-hybridized carbons (Fsp3) is 0.625. The van der Waals surface area contributed by atoms with Crippen molar-refractivity contribution in [1.29, 1.82) is 0 Å². The summed E-state index contributed by atoms with van der Waals surface area (Å²) in [4.78, 5) is 10.8. The number of H-pyrrole nitrogens is 1. The van der Waals surface area contributed by atoms with Crippen molar-refractivity contribution in [2.24, 2.45) is 4.99 Å². The zero-order chi connectivity index (χ0) is 22.9. The van der Waals surface area contributed by atoms with E-state index in [1.54, 1.807) is 14.2 Å². The second kappa shape index (κ2) is 13.9. The van der Waals surface area contributed by atoms with E-state index in [0.29, 0.717) is 12.1 Å². The Morgan fingerprint density at radius 2 is 2.09 bits per heavy atom. The zero-order valence-corrected chi connectivity index (χ0v) is 22.9. The van der Waals surface area contributed by atoms with Gasteiger partial charge in [0.1, 0.15) is 11.5 Å². The lowest BCUT2D eigenvalue weighted by Crippen LogP contribution is -2.49. The maximum Gasteiger partial charge on any atom is 0.191 e. The van der Waals surface area contributed by atoms with Crippen molar-refractivity contribution in [2.75, 3.05) is 53.6 Å². The molecule has 33 heavy (non-hydrogen) atoms. The lowest BCUT2D eigenvalue weighted by atomic mass is 10.2. The number of aromatic nitrogens is 1. The molecule has 2 atom stereocenters. The monoisotopic (exact) mass is 573 g/mol. The van der Waals surface area contributed by atoms with E-state index >= 15 is 0 Å². The van der Waals surface area contributed by atoms with Crippen molar-refractivity contribution in [3.63, 3.8) is 0 Å². The predicted molar refractivity (Wildman–Crippen MR) is 146 cm³/mol. The molecule has 1 aromatic heterocycles. The van der Waals surface area contributed by atoms with Gasteiger partial charge in [0.05, 0.1) is 39.5 Å². The Morgan fingerprint density at radius 3 is 2.79 bits per heavy atom. The number of morpholine rings is 1. The first kappa shape index (κ1) is 27.5. The number of halogens is 1. The van der Waals surface area contributed by atoms with Crippen LogP contribution < -0.4 is 20.1 Å². The minimum Gasteiger partial charge on any atom is -0.497 e. The maximum absolute atomic E-state index is 5.55. The third-order valence-corrected chi connectivity index (χ3v) is 5.94. The molecule has 0 aliphatic carbocycles. The molecule has 1 saturated heterocycles. The number of methoxy groups -OCH3 is 2. The number of nitrogens with one attached hydrogen (secondary N) is 3. The zero-order valence-electron chi connectivity index (χ0n) is 20.6. The minimum atomic E-state index is 0. The molecule has 2 unspecified atom stereocenters. The number of hydrogen-bond acceptors (Lipinski definition) is 5.